The lowest BCUT2D eigenvalue weighted by molar-refractivity contribution is -0.161. The third kappa shape index (κ3) is 78.2. The molecule has 0 rings (SSSR count). The van der Waals surface area contributed by atoms with E-state index in [1.54, 1.807) is 0 Å². The molecular weight excluding hydrogens is 1350 g/mol. The first kappa shape index (κ1) is 102. The molecule has 0 spiro atoms. The van der Waals surface area contributed by atoms with Crippen LogP contribution in [0.1, 0.15) is 447 Å². The van der Waals surface area contributed by atoms with Crippen molar-refractivity contribution < 1.29 is 80.2 Å². The minimum Gasteiger partial charge on any atom is -0.462 e. The highest BCUT2D eigenvalue weighted by atomic mass is 31.2. The van der Waals surface area contributed by atoms with E-state index in [0.717, 1.165) is 108 Å². The van der Waals surface area contributed by atoms with Crippen LogP contribution in [0.5, 0.6) is 0 Å². The van der Waals surface area contributed by atoms with Gasteiger partial charge >= 0.3 is 39.5 Å². The molecule has 618 valence electrons. The summed E-state index contributed by atoms with van der Waals surface area (Å²) in [6, 6.07) is 0. The smallest absolute Gasteiger partial charge is 0.462 e. The van der Waals surface area contributed by atoms with E-state index in [9.17, 15) is 43.2 Å². The zero-order valence-electron chi connectivity index (χ0n) is 68.5. The van der Waals surface area contributed by atoms with E-state index in [-0.39, 0.29) is 25.7 Å². The van der Waals surface area contributed by atoms with E-state index in [2.05, 4.69) is 48.5 Å². The van der Waals surface area contributed by atoms with Crippen LogP contribution in [0, 0.1) is 17.8 Å². The van der Waals surface area contributed by atoms with Gasteiger partial charge in [-0.25, -0.2) is 9.13 Å². The van der Waals surface area contributed by atoms with E-state index >= 15 is 0 Å². The molecule has 19 heteroatoms. The number of aliphatic hydroxyl groups is 1. The molecule has 2 unspecified atom stereocenters. The van der Waals surface area contributed by atoms with Gasteiger partial charge in [0.05, 0.1) is 26.4 Å². The zero-order chi connectivity index (χ0) is 76.5. The van der Waals surface area contributed by atoms with Gasteiger partial charge in [-0.2, -0.15) is 0 Å². The van der Waals surface area contributed by atoms with Crippen molar-refractivity contribution in [2.24, 2.45) is 17.8 Å². The van der Waals surface area contributed by atoms with Crippen LogP contribution in [-0.2, 0) is 65.4 Å². The second-order valence-electron chi connectivity index (χ2n) is 32.0. The Morgan fingerprint density at radius 1 is 0.260 bits per heavy atom. The predicted molar refractivity (Wildman–Crippen MR) is 428 cm³/mol. The van der Waals surface area contributed by atoms with Gasteiger partial charge in [0.1, 0.15) is 19.3 Å². The van der Waals surface area contributed by atoms with Crippen LogP contribution in [-0.4, -0.2) is 96.7 Å². The van der Waals surface area contributed by atoms with Crippen molar-refractivity contribution in [3.63, 3.8) is 0 Å². The molecule has 0 aliphatic heterocycles. The van der Waals surface area contributed by atoms with Gasteiger partial charge in [-0.15, -0.1) is 0 Å². The first-order chi connectivity index (χ1) is 50.2. The molecule has 0 aliphatic carbocycles. The third-order valence-electron chi connectivity index (χ3n) is 19.9. The molecule has 104 heavy (non-hydrogen) atoms. The van der Waals surface area contributed by atoms with Gasteiger partial charge < -0.3 is 33.8 Å². The van der Waals surface area contributed by atoms with E-state index in [4.69, 9.17) is 37.0 Å². The van der Waals surface area contributed by atoms with Gasteiger partial charge in [-0.3, -0.25) is 37.3 Å². The second-order valence-corrected chi connectivity index (χ2v) is 34.9. The predicted octanol–water partition coefficient (Wildman–Crippen LogP) is 25.7. The number of hydrogen-bond donors (Lipinski definition) is 3. The maximum absolute atomic E-state index is 13.1. The molecule has 0 radical (unpaired) electrons. The molecule has 0 aromatic carbocycles. The normalized spacial score (nSPS) is 13.9. The molecule has 3 N–H and O–H groups in total. The largest absolute Gasteiger partial charge is 0.472 e. The lowest BCUT2D eigenvalue weighted by Gasteiger charge is -2.21. The molecule has 0 bridgehead atoms. The van der Waals surface area contributed by atoms with Crippen LogP contribution >= 0.6 is 15.6 Å². The molecule has 0 aromatic heterocycles. The summed E-state index contributed by atoms with van der Waals surface area (Å²) in [5.74, 6) is 0.194. The Kier molecular flexibility index (Phi) is 73.7. The molecule has 0 amide bonds. The topological polar surface area (TPSA) is 237 Å². The Bertz CT molecular complexity index is 2010. The number of esters is 4. The first-order valence-corrected chi connectivity index (χ1v) is 46.8. The summed E-state index contributed by atoms with van der Waals surface area (Å²) < 4.78 is 68.9. The Hall–Kier alpha value is -1.94. The summed E-state index contributed by atoms with van der Waals surface area (Å²) in [6.07, 6.45) is 65.4. The molecule has 0 saturated heterocycles. The van der Waals surface area contributed by atoms with E-state index in [1.165, 1.54) is 250 Å². The molecule has 5 atom stereocenters. The molecule has 0 aromatic rings. The van der Waals surface area contributed by atoms with E-state index in [0.29, 0.717) is 31.6 Å². The molecule has 0 heterocycles. The number of carbonyl (C=O) groups is 4. The summed E-state index contributed by atoms with van der Waals surface area (Å²) in [6.45, 7) is 12.0. The van der Waals surface area contributed by atoms with Gasteiger partial charge in [0.15, 0.2) is 12.2 Å². The highest BCUT2D eigenvalue weighted by Gasteiger charge is 2.30. The van der Waals surface area contributed by atoms with Gasteiger partial charge in [0.2, 0.25) is 0 Å². The van der Waals surface area contributed by atoms with Crippen molar-refractivity contribution in [3.05, 3.63) is 0 Å². The Balaban J connectivity index is 5.23. The fraction of sp³-hybridized carbons (Fsp3) is 0.953. The Morgan fingerprint density at radius 3 is 0.654 bits per heavy atom. The number of hydrogen-bond acceptors (Lipinski definition) is 15. The number of unbranched alkanes of at least 4 members (excludes halogenated alkanes) is 51. The quantitative estimate of drug-likeness (QED) is 0.0222. The third-order valence-corrected chi connectivity index (χ3v) is 21.8. The highest BCUT2D eigenvalue weighted by molar-refractivity contribution is 7.47. The monoisotopic (exact) mass is 1520 g/mol. The lowest BCUT2D eigenvalue weighted by Crippen LogP contribution is -2.30. The molecule has 17 nitrogen and oxygen atoms in total. The van der Waals surface area contributed by atoms with Crippen molar-refractivity contribution in [1.29, 1.82) is 0 Å². The van der Waals surface area contributed by atoms with Crippen LogP contribution in [0.15, 0.2) is 0 Å². The number of aliphatic hydroxyl groups excluding tert-OH is 1. The maximum atomic E-state index is 13.1. The summed E-state index contributed by atoms with van der Waals surface area (Å²) in [7, 11) is -9.93. The Morgan fingerprint density at radius 2 is 0.442 bits per heavy atom. The summed E-state index contributed by atoms with van der Waals surface area (Å²) in [4.78, 5) is 73.2. The van der Waals surface area contributed by atoms with E-state index in [1.807, 2.05) is 0 Å². The van der Waals surface area contributed by atoms with Crippen molar-refractivity contribution in [2.45, 2.75) is 465 Å². The highest BCUT2D eigenvalue weighted by Crippen LogP contribution is 2.45. The number of rotatable bonds is 83. The molecular formula is C85H166O17P2. The van der Waals surface area contributed by atoms with E-state index < -0.39 is 97.5 Å². The summed E-state index contributed by atoms with van der Waals surface area (Å²) in [5.41, 5.74) is 0. The van der Waals surface area contributed by atoms with Gasteiger partial charge in [-0.05, 0) is 43.4 Å². The van der Waals surface area contributed by atoms with Crippen molar-refractivity contribution in [1.82, 2.24) is 0 Å². The minimum absolute atomic E-state index is 0.107. The van der Waals surface area contributed by atoms with Crippen LogP contribution in [0.4, 0.5) is 0 Å². The SMILES string of the molecule is CCCCCCCCCCCCCCCCCCCCCC(=O)OC[C@H](COP(=O)(O)OC[C@@H](O)COP(=O)(O)OC[C@@H](COC(=O)CCCCCCCCCC(C)C)OC(=O)CCCCCCCCCCCCCCCC(C)C)OC(=O)CCCCCCCCCCCCCCCCCCC(C)C. The van der Waals surface area contributed by atoms with Crippen LogP contribution in [0.2, 0.25) is 0 Å². The molecule has 0 aliphatic rings. The summed E-state index contributed by atoms with van der Waals surface area (Å²) >= 11 is 0. The van der Waals surface area contributed by atoms with Crippen LogP contribution < -0.4 is 0 Å². The van der Waals surface area contributed by atoms with Crippen LogP contribution in [0.25, 0.3) is 0 Å². The number of carbonyl (C=O) groups excluding carboxylic acids is 4. The second kappa shape index (κ2) is 75.1. The maximum Gasteiger partial charge on any atom is 0.472 e. The zero-order valence-corrected chi connectivity index (χ0v) is 70.3. The van der Waals surface area contributed by atoms with Crippen molar-refractivity contribution in [2.75, 3.05) is 39.6 Å². The minimum atomic E-state index is -4.97. The molecule has 0 saturated carbocycles. The number of phosphoric ester groups is 2. The number of phosphoric acid groups is 2. The van der Waals surface area contributed by atoms with Crippen molar-refractivity contribution in [3.8, 4) is 0 Å². The van der Waals surface area contributed by atoms with Crippen LogP contribution in [0.3, 0.4) is 0 Å². The standard InChI is InChI=1S/C85H166O17P2/c1-8-9-10-11-12-13-14-15-16-17-18-19-23-28-33-38-45-52-59-66-82(87)95-72-80(101-84(89)68-61-54-46-39-34-29-24-21-20-22-26-31-36-42-49-56-63-76(2)3)74-99-103(91,92)97-70-79(86)71-98-104(93,94)100-75-81(73-96-83(88)67-60-53-48-41-44-51-58-65-78(6)7)102-85(90)69-62-55-47-40-35-30-25-27-32-37-43-50-57-64-77(4)5/h76-81,86H,8-75H2,1-7H3,(H,91,92)(H,93,94)/t79-,80-,81-/m1/s1. The fourth-order valence-corrected chi connectivity index (χ4v) is 14.8. The molecule has 0 fully saturated rings. The average molecular weight is 1520 g/mol. The summed E-state index contributed by atoms with van der Waals surface area (Å²) in [5, 5.41) is 10.7. The number of ether oxygens (including phenoxy) is 4. The first-order valence-electron chi connectivity index (χ1n) is 43.8. The van der Waals surface area contributed by atoms with Gasteiger partial charge in [-0.1, -0.05) is 395 Å². The average Bonchev–Trinajstić information content (AvgIpc) is 0.910. The van der Waals surface area contributed by atoms with Crippen molar-refractivity contribution >= 4 is 39.5 Å². The lowest BCUT2D eigenvalue weighted by atomic mass is 10.0. The van der Waals surface area contributed by atoms with Gasteiger partial charge in [0.25, 0.3) is 0 Å². The van der Waals surface area contributed by atoms with Gasteiger partial charge in [0, 0.05) is 25.7 Å². The fourth-order valence-electron chi connectivity index (χ4n) is 13.2. The Labute approximate surface area is 638 Å².